The second kappa shape index (κ2) is 39.0. The molecule has 3 fully saturated rings. The van der Waals surface area contributed by atoms with Gasteiger partial charge in [-0.25, -0.2) is 43.9 Å². The van der Waals surface area contributed by atoms with Crippen LogP contribution in [0.3, 0.4) is 0 Å². The van der Waals surface area contributed by atoms with E-state index in [-0.39, 0.29) is 34.6 Å². The summed E-state index contributed by atoms with van der Waals surface area (Å²) in [5.74, 6) is 3.24. The largest absolute Gasteiger partial charge is 0.497 e. The summed E-state index contributed by atoms with van der Waals surface area (Å²) in [7, 11) is 4.44. The summed E-state index contributed by atoms with van der Waals surface area (Å²) >= 11 is 20.8. The summed E-state index contributed by atoms with van der Waals surface area (Å²) in [5.41, 5.74) is 6.00. The number of carbonyl (C=O) groups excluding carboxylic acids is 1. The van der Waals surface area contributed by atoms with Crippen LogP contribution < -0.4 is 60.2 Å². The summed E-state index contributed by atoms with van der Waals surface area (Å²) in [6, 6.07) is 40.0. The fourth-order valence-electron chi connectivity index (χ4n) is 17.5. The molecule has 0 spiro atoms. The molecule has 18 aromatic rings. The molecule has 9 aromatic carbocycles. The van der Waals surface area contributed by atoms with E-state index in [0.717, 1.165) is 161 Å². The Hall–Kier alpha value is -15.0. The van der Waals surface area contributed by atoms with Crippen LogP contribution in [0.4, 0.5) is 68.3 Å². The quantitative estimate of drug-likeness (QED) is 0.0231. The van der Waals surface area contributed by atoms with Crippen molar-refractivity contribution in [3.05, 3.63) is 251 Å². The number of carbonyl (C=O) groups is 1. The number of rotatable bonds is 22. The van der Waals surface area contributed by atoms with E-state index in [9.17, 15) is 44.3 Å². The van der Waals surface area contributed by atoms with Gasteiger partial charge in [-0.1, -0.05) is 34.8 Å². The van der Waals surface area contributed by atoms with E-state index in [1.807, 2.05) is 36.4 Å². The number of H-pyrrole nitrogens is 3. The molecular formula is C95H82Cl3F9N26O5. The molecule has 0 aliphatic carbocycles. The van der Waals surface area contributed by atoms with Gasteiger partial charge < -0.3 is 60.2 Å². The van der Waals surface area contributed by atoms with Crippen molar-refractivity contribution in [3.8, 4) is 73.4 Å². The molecule has 0 unspecified atom stereocenters. The number of nitrogens with zero attached hydrogens (tertiary/aromatic N) is 18. The standard InChI is InChI=1S/C33H31ClF3N9O.C31H25ClF3N9O2.C31H26ClF3N8O2/c1-47-22-6-4-21(5-7-22)46-31(33(35,36)37)20(17-43-46)3-2-10-39-28-9-8-27-25(18-42-44-27)30(28)23-16-29-24(15-26(23)34)32(41-19-40-29)45-13-11-38-12-14-45;1-46-18-4-2-17(3-5-18)44-28(31(33,34)35)22(15-40-44)30(45)41-25-7-6-24-21(14-39-42-24)27(25)19-13-26-20(12-23(19)32)29(38-16-37-26)43-10-8-36-9-11-43;1-44-20-4-2-19(3-5-20)43-29(31(33,34)35)18(14-40-43)16-45-27-7-6-25-23(15-39-41-25)28(27)21-13-26-22(12-24(21)32)30(38-17-37-26)42-10-8-36-9-11-42/h4-9,15-19,38-39H,2-3,10-14H2,1H3,(H,42,44);2-7,12-16,36H,8-11H2,1H3,(H,39,42)(H,41,45);2-7,12-15,17,36H,8-11,16H2,1H3,(H,39,41). The second-order valence-electron chi connectivity index (χ2n) is 32.3. The molecule has 9 aromatic heterocycles. The highest BCUT2D eigenvalue weighted by molar-refractivity contribution is 6.36. The number of hydrogen-bond acceptors (Lipinski definition) is 24. The molecule has 12 heterocycles. The number of aromatic nitrogens is 18. The number of ether oxygens (including phenoxy) is 4. The zero-order chi connectivity index (χ0) is 95.7. The number of benzene rings is 9. The van der Waals surface area contributed by atoms with Gasteiger partial charge in [-0.3, -0.25) is 20.1 Å². The lowest BCUT2D eigenvalue weighted by Crippen LogP contribution is -2.44. The van der Waals surface area contributed by atoms with Gasteiger partial charge in [-0.2, -0.15) is 70.1 Å². The van der Waals surface area contributed by atoms with E-state index in [1.54, 1.807) is 97.7 Å². The van der Waals surface area contributed by atoms with Gasteiger partial charge in [-0.05, 0) is 158 Å². The van der Waals surface area contributed by atoms with Crippen molar-refractivity contribution < 1.29 is 63.3 Å². The lowest BCUT2D eigenvalue weighted by molar-refractivity contribution is -0.144. The molecule has 138 heavy (non-hydrogen) atoms. The van der Waals surface area contributed by atoms with Gasteiger partial charge in [0.1, 0.15) is 66.0 Å². The molecule has 706 valence electrons. The van der Waals surface area contributed by atoms with Crippen molar-refractivity contribution in [2.75, 3.05) is 132 Å². The molecule has 31 nitrogen and oxygen atoms in total. The SMILES string of the molecule is COc1ccc(-n2ncc(C(=O)Nc3ccc4[nH]ncc4c3-c3cc4ncnc(N5CCNCC5)c4cc3Cl)c2C(F)(F)F)cc1.COc1ccc(-n2ncc(CCCNc3ccc4[nH]ncc4c3-c3cc4ncnc(N5CCNCC5)c4cc3Cl)c2C(F)(F)F)cc1.COc1ccc(-n2ncc(COc3ccc4[nH]ncc4c3-c3cc4ncnc(N5CCNCC5)c4cc3Cl)c2C(F)(F)F)cc1. The van der Waals surface area contributed by atoms with Crippen LogP contribution in [-0.2, 0) is 31.6 Å². The highest BCUT2D eigenvalue weighted by Gasteiger charge is 2.43. The van der Waals surface area contributed by atoms with Crippen LogP contribution in [0, 0.1) is 0 Å². The first-order chi connectivity index (χ1) is 66.8. The lowest BCUT2D eigenvalue weighted by atomic mass is 9.98. The van der Waals surface area contributed by atoms with Crippen LogP contribution in [0.5, 0.6) is 23.0 Å². The molecule has 3 saturated heterocycles. The van der Waals surface area contributed by atoms with E-state index in [2.05, 4.69) is 117 Å². The van der Waals surface area contributed by atoms with Crippen molar-refractivity contribution in [1.29, 1.82) is 0 Å². The van der Waals surface area contributed by atoms with Gasteiger partial charge in [0.25, 0.3) is 5.91 Å². The molecule has 1 amide bonds. The first kappa shape index (κ1) is 92.1. The zero-order valence-corrected chi connectivity index (χ0v) is 75.8. The Morgan fingerprint density at radius 2 is 0.768 bits per heavy atom. The summed E-state index contributed by atoms with van der Waals surface area (Å²) in [5, 5.41) is 55.5. The average Bonchev–Trinajstić information content (AvgIpc) is 1.38. The normalized spacial score (nSPS) is 13.9. The Morgan fingerprint density at radius 3 is 1.18 bits per heavy atom. The van der Waals surface area contributed by atoms with Gasteiger partial charge in [0, 0.05) is 188 Å². The molecular weight excluding hydrogens is 1860 g/mol. The van der Waals surface area contributed by atoms with Crippen molar-refractivity contribution in [3.63, 3.8) is 0 Å². The zero-order valence-electron chi connectivity index (χ0n) is 73.5. The van der Waals surface area contributed by atoms with Crippen LogP contribution in [-0.4, -0.2) is 202 Å². The monoisotopic (exact) mass is 1940 g/mol. The van der Waals surface area contributed by atoms with Crippen LogP contribution in [0.15, 0.2) is 202 Å². The Kier molecular flexibility index (Phi) is 26.0. The van der Waals surface area contributed by atoms with Gasteiger partial charge in [0.15, 0.2) is 17.1 Å². The molecule has 43 heteroatoms. The van der Waals surface area contributed by atoms with Gasteiger partial charge >= 0.3 is 18.5 Å². The predicted octanol–water partition coefficient (Wildman–Crippen LogP) is 18.2. The number of fused-ring (bicyclic) bond motifs is 6. The van der Waals surface area contributed by atoms with E-state index in [4.69, 9.17) is 53.8 Å². The number of hydrogen-bond donors (Lipinski definition) is 8. The number of anilines is 5. The number of amides is 1. The summed E-state index contributed by atoms with van der Waals surface area (Å²) < 4.78 is 153. The summed E-state index contributed by atoms with van der Waals surface area (Å²) in [6.45, 7) is 9.87. The third kappa shape index (κ3) is 18.7. The van der Waals surface area contributed by atoms with E-state index in [1.165, 1.54) is 82.8 Å². The fourth-order valence-corrected chi connectivity index (χ4v) is 18.2. The fraction of sp³-hybridized carbons (Fsp3) is 0.232. The summed E-state index contributed by atoms with van der Waals surface area (Å²) in [6.07, 6.45) is -0.714. The van der Waals surface area contributed by atoms with Crippen LogP contribution >= 0.6 is 34.8 Å². The van der Waals surface area contributed by atoms with Crippen molar-refractivity contribution >= 4 is 135 Å². The maximum absolute atomic E-state index is 14.4. The minimum Gasteiger partial charge on any atom is -0.497 e. The maximum Gasteiger partial charge on any atom is 0.434 e. The number of aromatic amines is 3. The molecule has 0 saturated carbocycles. The van der Waals surface area contributed by atoms with Gasteiger partial charge in [-0.15, -0.1) is 0 Å². The molecule has 0 bridgehead atoms. The topological polar surface area (TPSA) is 341 Å². The number of aryl methyl sites for hydroxylation is 1. The predicted molar refractivity (Wildman–Crippen MR) is 509 cm³/mol. The van der Waals surface area contributed by atoms with E-state index < -0.39 is 53.7 Å². The average molecular weight is 1950 g/mol. The second-order valence-corrected chi connectivity index (χ2v) is 33.5. The smallest absolute Gasteiger partial charge is 0.434 e. The van der Waals surface area contributed by atoms with Crippen molar-refractivity contribution in [1.82, 2.24) is 106 Å². The van der Waals surface area contributed by atoms with E-state index in [0.29, 0.717) is 116 Å². The minimum atomic E-state index is -4.90. The number of piperazine rings is 3. The van der Waals surface area contributed by atoms with E-state index >= 15 is 0 Å². The third-order valence-electron chi connectivity index (χ3n) is 24.0. The van der Waals surface area contributed by atoms with Crippen LogP contribution in [0.2, 0.25) is 15.1 Å². The van der Waals surface area contributed by atoms with Gasteiger partial charge in [0.2, 0.25) is 0 Å². The molecule has 8 N–H and O–H groups in total. The lowest BCUT2D eigenvalue weighted by Gasteiger charge is -2.29. The van der Waals surface area contributed by atoms with Gasteiger partial charge in [0.05, 0.1) is 114 Å². The number of alkyl halides is 9. The Labute approximate surface area is 793 Å². The Morgan fingerprint density at radius 1 is 0.406 bits per heavy atom. The molecule has 3 aliphatic heterocycles. The van der Waals surface area contributed by atoms with Crippen LogP contribution in [0.1, 0.15) is 45.0 Å². The first-order valence-electron chi connectivity index (χ1n) is 43.5. The number of nitrogens with one attached hydrogen (secondary N) is 8. The maximum atomic E-state index is 14.4. The first-order valence-corrected chi connectivity index (χ1v) is 44.6. The Bertz CT molecular complexity index is 7520. The molecule has 0 atom stereocenters. The minimum absolute atomic E-state index is 0.109. The highest BCUT2D eigenvalue weighted by Crippen LogP contribution is 2.48. The van der Waals surface area contributed by atoms with Crippen LogP contribution in [0.25, 0.3) is 116 Å². The number of methoxy groups -OCH3 is 3. The van der Waals surface area contributed by atoms with Crippen molar-refractivity contribution in [2.45, 2.75) is 38.0 Å². The summed E-state index contributed by atoms with van der Waals surface area (Å²) in [4.78, 5) is 47.4. The molecule has 0 radical (unpaired) electrons. The Balaban J connectivity index is 0.000000132. The number of halogens is 12. The molecule has 3 aliphatic rings. The third-order valence-corrected chi connectivity index (χ3v) is 25.0. The molecule has 21 rings (SSSR count). The van der Waals surface area contributed by atoms with Crippen molar-refractivity contribution in [2.24, 2.45) is 0 Å². The highest BCUT2D eigenvalue weighted by atomic mass is 35.5.